The average Bonchev–Trinajstić information content (AvgIpc) is 3.07. The summed E-state index contributed by atoms with van der Waals surface area (Å²) in [5.41, 5.74) is 0.943. The quantitative estimate of drug-likeness (QED) is 0.632. The van der Waals surface area contributed by atoms with Gasteiger partial charge in [0.05, 0.1) is 18.8 Å². The molecule has 4 unspecified atom stereocenters. The van der Waals surface area contributed by atoms with Gasteiger partial charge in [0.1, 0.15) is 5.92 Å². The standard InChI is InChI=1S/C18H23NO4/c1-4-22-18(21)13-10-14-15(11(2)3)23-17(19(14)16(13)20)12-8-6-5-7-9-12/h5-9,11,13-15,17H,4,10H2,1-3H3. The number of ether oxygens (including phenoxy) is 2. The molecule has 0 saturated carbocycles. The molecular weight excluding hydrogens is 294 g/mol. The van der Waals surface area contributed by atoms with Crippen molar-refractivity contribution in [2.45, 2.75) is 45.6 Å². The van der Waals surface area contributed by atoms with Crippen LogP contribution in [0.15, 0.2) is 30.3 Å². The number of hydrogen-bond acceptors (Lipinski definition) is 4. The van der Waals surface area contributed by atoms with Crippen LogP contribution < -0.4 is 0 Å². The minimum Gasteiger partial charge on any atom is -0.465 e. The third-order valence-electron chi connectivity index (χ3n) is 4.62. The molecule has 0 aliphatic carbocycles. The molecule has 0 radical (unpaired) electrons. The molecular formula is C18H23NO4. The number of benzene rings is 1. The Morgan fingerprint density at radius 2 is 2.04 bits per heavy atom. The van der Waals surface area contributed by atoms with Gasteiger partial charge in [0, 0.05) is 5.56 Å². The molecule has 2 aliphatic rings. The fraction of sp³-hybridized carbons (Fsp3) is 0.556. The lowest BCUT2D eigenvalue weighted by molar-refractivity contribution is -0.154. The molecule has 1 aromatic carbocycles. The molecule has 23 heavy (non-hydrogen) atoms. The van der Waals surface area contributed by atoms with Crippen molar-refractivity contribution in [1.82, 2.24) is 4.90 Å². The van der Waals surface area contributed by atoms with E-state index in [0.29, 0.717) is 13.0 Å². The van der Waals surface area contributed by atoms with Gasteiger partial charge in [-0.3, -0.25) is 9.59 Å². The van der Waals surface area contributed by atoms with Crippen LogP contribution in [-0.4, -0.2) is 35.5 Å². The number of nitrogens with zero attached hydrogens (tertiary/aromatic N) is 1. The molecule has 0 bridgehead atoms. The third kappa shape index (κ3) is 2.74. The fourth-order valence-electron chi connectivity index (χ4n) is 3.58. The van der Waals surface area contributed by atoms with Crippen LogP contribution in [0, 0.1) is 11.8 Å². The van der Waals surface area contributed by atoms with Crippen LogP contribution in [0.4, 0.5) is 0 Å². The number of carbonyl (C=O) groups is 2. The molecule has 1 aromatic rings. The van der Waals surface area contributed by atoms with Crippen LogP contribution >= 0.6 is 0 Å². The van der Waals surface area contributed by atoms with E-state index in [2.05, 4.69) is 13.8 Å². The summed E-state index contributed by atoms with van der Waals surface area (Å²) in [4.78, 5) is 26.6. The first kappa shape index (κ1) is 16.0. The van der Waals surface area contributed by atoms with Crippen molar-refractivity contribution in [3.8, 4) is 0 Å². The normalized spacial score (nSPS) is 29.9. The first-order valence-corrected chi connectivity index (χ1v) is 8.23. The van der Waals surface area contributed by atoms with Crippen LogP contribution in [0.5, 0.6) is 0 Å². The molecule has 0 N–H and O–H groups in total. The highest BCUT2D eigenvalue weighted by molar-refractivity contribution is 6.00. The zero-order valence-electron chi connectivity index (χ0n) is 13.8. The van der Waals surface area contributed by atoms with Gasteiger partial charge in [0.25, 0.3) is 0 Å². The number of amides is 1. The molecule has 5 nitrogen and oxygen atoms in total. The summed E-state index contributed by atoms with van der Waals surface area (Å²) in [5, 5.41) is 0. The third-order valence-corrected chi connectivity index (χ3v) is 4.62. The lowest BCUT2D eigenvalue weighted by atomic mass is 9.95. The maximum absolute atomic E-state index is 12.8. The second-order valence-corrected chi connectivity index (χ2v) is 6.46. The smallest absolute Gasteiger partial charge is 0.318 e. The maximum Gasteiger partial charge on any atom is 0.318 e. The maximum atomic E-state index is 12.8. The number of fused-ring (bicyclic) bond motifs is 1. The van der Waals surface area contributed by atoms with E-state index in [-0.39, 0.29) is 24.0 Å². The molecule has 0 spiro atoms. The van der Waals surface area contributed by atoms with Crippen molar-refractivity contribution in [2.24, 2.45) is 11.8 Å². The Morgan fingerprint density at radius 3 is 2.65 bits per heavy atom. The number of rotatable bonds is 4. The van der Waals surface area contributed by atoms with E-state index in [1.165, 1.54) is 0 Å². The van der Waals surface area contributed by atoms with Gasteiger partial charge < -0.3 is 14.4 Å². The minimum absolute atomic E-state index is 0.0661. The Hall–Kier alpha value is -1.88. The second-order valence-electron chi connectivity index (χ2n) is 6.46. The molecule has 124 valence electrons. The van der Waals surface area contributed by atoms with Crippen molar-refractivity contribution >= 4 is 11.9 Å². The Labute approximate surface area is 136 Å². The van der Waals surface area contributed by atoms with Crippen LogP contribution in [0.1, 0.15) is 39.0 Å². The lowest BCUT2D eigenvalue weighted by Gasteiger charge is -2.22. The van der Waals surface area contributed by atoms with Crippen molar-refractivity contribution in [1.29, 1.82) is 0 Å². The molecule has 1 amide bonds. The highest BCUT2D eigenvalue weighted by Crippen LogP contribution is 2.45. The van der Waals surface area contributed by atoms with Crippen molar-refractivity contribution in [3.05, 3.63) is 35.9 Å². The Balaban J connectivity index is 1.91. The van der Waals surface area contributed by atoms with Crippen molar-refractivity contribution in [3.63, 3.8) is 0 Å². The summed E-state index contributed by atoms with van der Waals surface area (Å²) in [6, 6.07) is 9.63. The van der Waals surface area contributed by atoms with Gasteiger partial charge >= 0.3 is 5.97 Å². The largest absolute Gasteiger partial charge is 0.465 e. The van der Waals surface area contributed by atoms with Crippen LogP contribution in [-0.2, 0) is 19.1 Å². The SMILES string of the molecule is CCOC(=O)C1CC2C(C(C)C)OC(c3ccccc3)N2C1=O. The first-order chi connectivity index (χ1) is 11.0. The number of carbonyl (C=O) groups excluding carboxylic acids is 2. The molecule has 0 aromatic heterocycles. The van der Waals surface area contributed by atoms with E-state index in [0.717, 1.165) is 5.56 Å². The van der Waals surface area contributed by atoms with Gasteiger partial charge in [-0.2, -0.15) is 0 Å². The van der Waals surface area contributed by atoms with Crippen LogP contribution in [0.2, 0.25) is 0 Å². The summed E-state index contributed by atoms with van der Waals surface area (Å²) < 4.78 is 11.3. The Morgan fingerprint density at radius 1 is 1.35 bits per heavy atom. The Bertz CT molecular complexity index is 586. The second kappa shape index (κ2) is 6.32. The molecule has 3 rings (SSSR count). The molecule has 2 fully saturated rings. The van der Waals surface area contributed by atoms with E-state index in [4.69, 9.17) is 9.47 Å². The molecule has 2 heterocycles. The van der Waals surface area contributed by atoms with Gasteiger partial charge in [-0.25, -0.2) is 0 Å². The highest BCUT2D eigenvalue weighted by Gasteiger charge is 2.55. The molecule has 2 aliphatic heterocycles. The number of hydrogen-bond donors (Lipinski definition) is 0. The highest BCUT2D eigenvalue weighted by atomic mass is 16.5. The van der Waals surface area contributed by atoms with E-state index in [1.54, 1.807) is 11.8 Å². The predicted molar refractivity (Wildman–Crippen MR) is 84.3 cm³/mol. The predicted octanol–water partition coefficient (Wildman–Crippen LogP) is 2.52. The van der Waals surface area contributed by atoms with E-state index >= 15 is 0 Å². The van der Waals surface area contributed by atoms with E-state index in [9.17, 15) is 9.59 Å². The van der Waals surface area contributed by atoms with Crippen molar-refractivity contribution < 1.29 is 19.1 Å². The molecule has 5 heteroatoms. The van der Waals surface area contributed by atoms with Gasteiger partial charge in [-0.15, -0.1) is 0 Å². The average molecular weight is 317 g/mol. The first-order valence-electron chi connectivity index (χ1n) is 8.23. The fourth-order valence-corrected chi connectivity index (χ4v) is 3.58. The van der Waals surface area contributed by atoms with Gasteiger partial charge in [-0.05, 0) is 19.3 Å². The zero-order valence-corrected chi connectivity index (χ0v) is 13.8. The summed E-state index contributed by atoms with van der Waals surface area (Å²) in [6.45, 7) is 6.21. The molecule has 4 atom stereocenters. The van der Waals surface area contributed by atoms with Crippen LogP contribution in [0.25, 0.3) is 0 Å². The van der Waals surface area contributed by atoms with E-state index < -0.39 is 18.1 Å². The monoisotopic (exact) mass is 317 g/mol. The van der Waals surface area contributed by atoms with Crippen molar-refractivity contribution in [2.75, 3.05) is 6.61 Å². The molecule has 2 saturated heterocycles. The summed E-state index contributed by atoms with van der Waals surface area (Å²) in [6.07, 6.45) is -0.00627. The zero-order chi connectivity index (χ0) is 16.6. The minimum atomic E-state index is -0.698. The lowest BCUT2D eigenvalue weighted by Crippen LogP contribution is -2.35. The van der Waals surface area contributed by atoms with Gasteiger partial charge in [-0.1, -0.05) is 44.2 Å². The Kier molecular flexibility index (Phi) is 4.39. The summed E-state index contributed by atoms with van der Waals surface area (Å²) in [7, 11) is 0. The van der Waals surface area contributed by atoms with Crippen LogP contribution in [0.3, 0.4) is 0 Å². The van der Waals surface area contributed by atoms with Gasteiger partial charge in [0.2, 0.25) is 5.91 Å². The summed E-state index contributed by atoms with van der Waals surface area (Å²) >= 11 is 0. The van der Waals surface area contributed by atoms with E-state index in [1.807, 2.05) is 30.3 Å². The topological polar surface area (TPSA) is 55.8 Å². The summed E-state index contributed by atoms with van der Waals surface area (Å²) in [5.74, 6) is -1.02. The van der Waals surface area contributed by atoms with Gasteiger partial charge in [0.15, 0.2) is 6.23 Å². The number of esters is 1.